The molecule has 0 aliphatic carbocycles. The minimum atomic E-state index is -0.248. The maximum absolute atomic E-state index is 9.21. The predicted octanol–water partition coefficient (Wildman–Crippen LogP) is 0.882. The number of methoxy groups -OCH3 is 1. The highest BCUT2D eigenvalue weighted by Crippen LogP contribution is 2.20. The molecule has 0 fully saturated rings. The molecule has 0 bridgehead atoms. The van der Waals surface area contributed by atoms with Crippen LogP contribution in [-0.2, 0) is 19.8 Å². The molecule has 2 aromatic rings. The second-order valence-corrected chi connectivity index (χ2v) is 3.92. The number of hydrogen-bond acceptors (Lipinski definition) is 6. The van der Waals surface area contributed by atoms with Crippen LogP contribution in [0.2, 0.25) is 0 Å². The van der Waals surface area contributed by atoms with Gasteiger partial charge in [0.1, 0.15) is 36.0 Å². The molecule has 0 spiro atoms. The van der Waals surface area contributed by atoms with Crippen molar-refractivity contribution in [2.24, 2.45) is 0 Å². The second-order valence-electron chi connectivity index (χ2n) is 3.92. The summed E-state index contributed by atoms with van der Waals surface area (Å²) < 4.78 is 12.1. The molecule has 7 heteroatoms. The van der Waals surface area contributed by atoms with Gasteiger partial charge in [-0.25, -0.2) is 4.68 Å². The Morgan fingerprint density at radius 2 is 2.20 bits per heavy atom. The standard InChI is InChI=1S/C13H14N4O3/c1-19-10-3-2-4-11(7-10)20-9-13-12(8-18)15-16-17(13)6-5-14/h2-4,7,18H,6,8-9H2,1H3. The number of aliphatic hydroxyl groups is 1. The van der Waals surface area contributed by atoms with E-state index in [0.29, 0.717) is 22.9 Å². The average Bonchev–Trinajstić information content (AvgIpc) is 2.88. The molecule has 0 aliphatic heterocycles. The maximum atomic E-state index is 9.21. The van der Waals surface area contributed by atoms with Gasteiger partial charge in [0.25, 0.3) is 0 Å². The van der Waals surface area contributed by atoms with Crippen LogP contribution in [-0.4, -0.2) is 27.2 Å². The fourth-order valence-corrected chi connectivity index (χ4v) is 1.69. The molecule has 0 saturated carbocycles. The van der Waals surface area contributed by atoms with E-state index in [1.54, 1.807) is 19.2 Å². The van der Waals surface area contributed by atoms with Crippen molar-refractivity contribution in [2.75, 3.05) is 7.11 Å². The highest BCUT2D eigenvalue weighted by atomic mass is 16.5. The van der Waals surface area contributed by atoms with Gasteiger partial charge in [-0.2, -0.15) is 5.26 Å². The van der Waals surface area contributed by atoms with Crippen LogP contribution in [0.4, 0.5) is 0 Å². The highest BCUT2D eigenvalue weighted by molar-refractivity contribution is 5.33. The fourth-order valence-electron chi connectivity index (χ4n) is 1.69. The van der Waals surface area contributed by atoms with Crippen LogP contribution < -0.4 is 9.47 Å². The summed E-state index contributed by atoms with van der Waals surface area (Å²) in [6, 6.07) is 9.14. The molecule has 0 aliphatic rings. The van der Waals surface area contributed by atoms with Crippen molar-refractivity contribution >= 4 is 0 Å². The van der Waals surface area contributed by atoms with Crippen LogP contribution in [0.15, 0.2) is 24.3 Å². The first-order chi connectivity index (χ1) is 9.78. The third-order valence-corrected chi connectivity index (χ3v) is 2.71. The monoisotopic (exact) mass is 274 g/mol. The summed E-state index contributed by atoms with van der Waals surface area (Å²) >= 11 is 0. The molecule has 0 radical (unpaired) electrons. The van der Waals surface area contributed by atoms with E-state index in [1.807, 2.05) is 18.2 Å². The molecule has 7 nitrogen and oxygen atoms in total. The van der Waals surface area contributed by atoms with E-state index in [2.05, 4.69) is 10.3 Å². The molecule has 0 atom stereocenters. The largest absolute Gasteiger partial charge is 0.497 e. The zero-order chi connectivity index (χ0) is 14.4. The van der Waals surface area contributed by atoms with E-state index in [-0.39, 0.29) is 19.8 Å². The first kappa shape index (κ1) is 13.8. The van der Waals surface area contributed by atoms with Crippen LogP contribution in [0, 0.1) is 11.3 Å². The van der Waals surface area contributed by atoms with Gasteiger partial charge in [0, 0.05) is 6.07 Å². The molecule has 0 saturated heterocycles. The Kier molecular flexibility index (Phi) is 4.52. The van der Waals surface area contributed by atoms with E-state index in [1.165, 1.54) is 4.68 Å². The molecular formula is C13H14N4O3. The number of aromatic nitrogens is 3. The summed E-state index contributed by atoms with van der Waals surface area (Å²) in [4.78, 5) is 0. The summed E-state index contributed by atoms with van der Waals surface area (Å²) in [5, 5.41) is 25.5. The molecule has 1 aromatic carbocycles. The molecule has 1 aromatic heterocycles. The number of nitriles is 1. The van der Waals surface area contributed by atoms with Gasteiger partial charge in [-0.05, 0) is 12.1 Å². The third kappa shape index (κ3) is 3.05. The number of ether oxygens (including phenoxy) is 2. The number of hydrogen-bond donors (Lipinski definition) is 1. The Morgan fingerprint density at radius 1 is 1.40 bits per heavy atom. The molecule has 0 unspecified atom stereocenters. The average molecular weight is 274 g/mol. The van der Waals surface area contributed by atoms with E-state index in [0.717, 1.165) is 0 Å². The van der Waals surface area contributed by atoms with Gasteiger partial charge < -0.3 is 14.6 Å². The zero-order valence-electron chi connectivity index (χ0n) is 11.0. The van der Waals surface area contributed by atoms with E-state index in [4.69, 9.17) is 14.7 Å². The Labute approximate surface area is 116 Å². The van der Waals surface area contributed by atoms with Crippen LogP contribution >= 0.6 is 0 Å². The molecule has 0 amide bonds. The van der Waals surface area contributed by atoms with Crippen molar-refractivity contribution in [1.82, 2.24) is 15.0 Å². The van der Waals surface area contributed by atoms with Crippen molar-refractivity contribution in [3.05, 3.63) is 35.7 Å². The van der Waals surface area contributed by atoms with Crippen molar-refractivity contribution in [1.29, 1.82) is 5.26 Å². The van der Waals surface area contributed by atoms with E-state index < -0.39 is 0 Å². The number of aliphatic hydroxyl groups excluding tert-OH is 1. The molecule has 1 N–H and O–H groups in total. The predicted molar refractivity (Wildman–Crippen MR) is 68.9 cm³/mol. The van der Waals surface area contributed by atoms with Gasteiger partial charge in [-0.3, -0.25) is 0 Å². The van der Waals surface area contributed by atoms with Gasteiger partial charge in [0.2, 0.25) is 0 Å². The van der Waals surface area contributed by atoms with Gasteiger partial charge >= 0.3 is 0 Å². The van der Waals surface area contributed by atoms with E-state index in [9.17, 15) is 5.11 Å². The van der Waals surface area contributed by atoms with Gasteiger partial charge in [0.05, 0.1) is 19.8 Å². The lowest BCUT2D eigenvalue weighted by atomic mass is 10.3. The molecule has 2 rings (SSSR count). The first-order valence-corrected chi connectivity index (χ1v) is 5.94. The topological polar surface area (TPSA) is 93.2 Å². The lowest BCUT2D eigenvalue weighted by Gasteiger charge is -2.09. The quantitative estimate of drug-likeness (QED) is 0.840. The SMILES string of the molecule is COc1cccc(OCc2c(CO)nnn2CC#N)c1. The van der Waals surface area contributed by atoms with Crippen molar-refractivity contribution in [2.45, 2.75) is 19.8 Å². The third-order valence-electron chi connectivity index (χ3n) is 2.71. The van der Waals surface area contributed by atoms with Crippen molar-refractivity contribution in [3.8, 4) is 17.6 Å². The fraction of sp³-hybridized carbons (Fsp3) is 0.308. The Balaban J connectivity index is 2.13. The van der Waals surface area contributed by atoms with Crippen molar-refractivity contribution < 1.29 is 14.6 Å². The van der Waals surface area contributed by atoms with E-state index >= 15 is 0 Å². The zero-order valence-corrected chi connectivity index (χ0v) is 11.0. The minimum Gasteiger partial charge on any atom is -0.497 e. The molecule has 1 heterocycles. The maximum Gasteiger partial charge on any atom is 0.132 e. The molecule has 104 valence electrons. The summed E-state index contributed by atoms with van der Waals surface area (Å²) in [6.07, 6.45) is 0. The summed E-state index contributed by atoms with van der Waals surface area (Å²) in [6.45, 7) is -0.0240. The Hall–Kier alpha value is -2.59. The van der Waals surface area contributed by atoms with Crippen LogP contribution in [0.1, 0.15) is 11.4 Å². The number of rotatable bonds is 6. The van der Waals surface area contributed by atoms with Gasteiger partial charge in [-0.1, -0.05) is 11.3 Å². The van der Waals surface area contributed by atoms with Crippen LogP contribution in [0.3, 0.4) is 0 Å². The summed E-state index contributed by atoms with van der Waals surface area (Å²) in [5.74, 6) is 1.31. The lowest BCUT2D eigenvalue weighted by molar-refractivity contribution is 0.261. The second kappa shape index (κ2) is 6.54. The first-order valence-electron chi connectivity index (χ1n) is 5.94. The number of nitrogens with zero attached hydrogens (tertiary/aromatic N) is 4. The molecular weight excluding hydrogens is 260 g/mol. The Morgan fingerprint density at radius 3 is 2.90 bits per heavy atom. The van der Waals surface area contributed by atoms with Crippen molar-refractivity contribution in [3.63, 3.8) is 0 Å². The highest BCUT2D eigenvalue weighted by Gasteiger charge is 2.12. The minimum absolute atomic E-state index is 0.0593. The lowest BCUT2D eigenvalue weighted by Crippen LogP contribution is -2.08. The van der Waals surface area contributed by atoms with Crippen LogP contribution in [0.25, 0.3) is 0 Å². The van der Waals surface area contributed by atoms with Gasteiger partial charge in [0.15, 0.2) is 0 Å². The number of benzene rings is 1. The van der Waals surface area contributed by atoms with Gasteiger partial charge in [-0.15, -0.1) is 5.10 Å². The van der Waals surface area contributed by atoms with Crippen LogP contribution in [0.5, 0.6) is 11.5 Å². The normalized spacial score (nSPS) is 10.1. The Bertz CT molecular complexity index is 618. The summed E-state index contributed by atoms with van der Waals surface area (Å²) in [5.41, 5.74) is 0.986. The smallest absolute Gasteiger partial charge is 0.132 e. The molecule has 20 heavy (non-hydrogen) atoms. The summed E-state index contributed by atoms with van der Waals surface area (Å²) in [7, 11) is 1.58.